The maximum atomic E-state index is 9.49. The Kier molecular flexibility index (Phi) is 2.37. The smallest absolute Gasteiger partial charge is 0.115 e. The van der Waals surface area contributed by atoms with Gasteiger partial charge in [-0.15, -0.1) is 0 Å². The molecule has 86 valence electrons. The lowest BCUT2D eigenvalue weighted by Crippen LogP contribution is -2.04. The van der Waals surface area contributed by atoms with Gasteiger partial charge in [0.15, 0.2) is 0 Å². The summed E-state index contributed by atoms with van der Waals surface area (Å²) < 4.78 is 0. The van der Waals surface area contributed by atoms with Crippen LogP contribution < -0.4 is 0 Å². The molecule has 1 aliphatic carbocycles. The Labute approximate surface area is 100 Å². The highest BCUT2D eigenvalue weighted by Crippen LogP contribution is 2.35. The number of phenols is 1. The van der Waals surface area contributed by atoms with Crippen LogP contribution in [-0.2, 0) is 19.4 Å². The molecular weight excluding hydrogens is 212 g/mol. The number of phenolic OH excluding ortho intramolecular Hbond substituents is 1. The van der Waals surface area contributed by atoms with E-state index in [9.17, 15) is 5.11 Å². The minimum atomic E-state index is 0.0930. The summed E-state index contributed by atoms with van der Waals surface area (Å²) in [5.41, 5.74) is 5.88. The molecule has 2 heteroatoms. The normalized spacial score (nSPS) is 13.0. The lowest BCUT2D eigenvalue weighted by molar-refractivity contribution is 0.281. The fourth-order valence-corrected chi connectivity index (χ4v) is 2.53. The van der Waals surface area contributed by atoms with Crippen LogP contribution in [0.15, 0.2) is 36.4 Å². The van der Waals surface area contributed by atoms with Crippen molar-refractivity contribution in [3.63, 3.8) is 0 Å². The first kappa shape index (κ1) is 10.4. The van der Waals surface area contributed by atoms with Crippen molar-refractivity contribution < 1.29 is 10.2 Å². The van der Waals surface area contributed by atoms with E-state index >= 15 is 0 Å². The number of fused-ring (bicyclic) bond motifs is 3. The minimum absolute atomic E-state index is 0.0930. The van der Waals surface area contributed by atoms with Crippen molar-refractivity contribution in [1.82, 2.24) is 0 Å². The average Bonchev–Trinajstić information content (AvgIpc) is 2.37. The number of aromatic hydroxyl groups is 1. The molecule has 0 bridgehead atoms. The number of hydrogen-bond acceptors (Lipinski definition) is 2. The zero-order chi connectivity index (χ0) is 11.8. The van der Waals surface area contributed by atoms with Crippen LogP contribution in [-0.4, -0.2) is 10.2 Å². The highest BCUT2D eigenvalue weighted by molar-refractivity contribution is 5.74. The van der Waals surface area contributed by atoms with Gasteiger partial charge in [0.1, 0.15) is 5.75 Å². The van der Waals surface area contributed by atoms with Crippen molar-refractivity contribution in [1.29, 1.82) is 0 Å². The number of aliphatic hydroxyl groups excluding tert-OH is 1. The van der Waals surface area contributed by atoms with Crippen molar-refractivity contribution in [2.24, 2.45) is 0 Å². The first-order valence-corrected chi connectivity index (χ1v) is 5.83. The second kappa shape index (κ2) is 3.90. The van der Waals surface area contributed by atoms with Gasteiger partial charge >= 0.3 is 0 Å². The summed E-state index contributed by atoms with van der Waals surface area (Å²) in [4.78, 5) is 0. The fraction of sp³-hybridized carbons (Fsp3) is 0.200. The Hall–Kier alpha value is -1.80. The van der Waals surface area contributed by atoms with E-state index in [2.05, 4.69) is 12.1 Å². The Morgan fingerprint density at radius 1 is 0.882 bits per heavy atom. The zero-order valence-electron chi connectivity index (χ0n) is 9.48. The van der Waals surface area contributed by atoms with Crippen molar-refractivity contribution >= 4 is 0 Å². The molecule has 0 unspecified atom stereocenters. The summed E-state index contributed by atoms with van der Waals surface area (Å²) >= 11 is 0. The van der Waals surface area contributed by atoms with Crippen molar-refractivity contribution in [3.8, 4) is 16.9 Å². The van der Waals surface area contributed by atoms with Gasteiger partial charge in [-0.3, -0.25) is 0 Å². The van der Waals surface area contributed by atoms with Gasteiger partial charge in [0.2, 0.25) is 0 Å². The maximum Gasteiger partial charge on any atom is 0.115 e. The summed E-state index contributed by atoms with van der Waals surface area (Å²) in [6.07, 6.45) is 1.92. The van der Waals surface area contributed by atoms with Crippen LogP contribution in [0.5, 0.6) is 5.75 Å². The van der Waals surface area contributed by atoms with Crippen LogP contribution >= 0.6 is 0 Å². The predicted octanol–water partition coefficient (Wildman–Crippen LogP) is 2.65. The SMILES string of the molecule is OCc1ccc2c(c1)CCc1cc(O)ccc1-2. The molecule has 2 N–H and O–H groups in total. The van der Waals surface area contributed by atoms with Crippen LogP contribution in [0, 0.1) is 0 Å². The molecular formula is C15H14O2. The van der Waals surface area contributed by atoms with Crippen LogP contribution in [0.2, 0.25) is 0 Å². The molecule has 1 aliphatic rings. The van der Waals surface area contributed by atoms with Gasteiger partial charge in [0.05, 0.1) is 6.61 Å². The van der Waals surface area contributed by atoms with E-state index in [-0.39, 0.29) is 6.61 Å². The van der Waals surface area contributed by atoms with E-state index in [1.165, 1.54) is 22.3 Å². The Morgan fingerprint density at radius 3 is 2.24 bits per heavy atom. The molecule has 3 rings (SSSR count). The quantitative estimate of drug-likeness (QED) is 0.784. The second-order valence-corrected chi connectivity index (χ2v) is 4.49. The highest BCUT2D eigenvalue weighted by atomic mass is 16.3. The van der Waals surface area contributed by atoms with Gasteiger partial charge in [-0.2, -0.15) is 0 Å². The van der Waals surface area contributed by atoms with Gasteiger partial charge < -0.3 is 10.2 Å². The third-order valence-electron chi connectivity index (χ3n) is 3.39. The monoisotopic (exact) mass is 226 g/mol. The third kappa shape index (κ3) is 1.71. The molecule has 0 saturated carbocycles. The lowest BCUT2D eigenvalue weighted by Gasteiger charge is -2.20. The molecule has 0 radical (unpaired) electrons. The maximum absolute atomic E-state index is 9.49. The number of benzene rings is 2. The van der Waals surface area contributed by atoms with E-state index in [0.717, 1.165) is 18.4 Å². The van der Waals surface area contributed by atoms with Crippen LogP contribution in [0.4, 0.5) is 0 Å². The van der Waals surface area contributed by atoms with Gasteiger partial charge in [0.25, 0.3) is 0 Å². The van der Waals surface area contributed by atoms with E-state index < -0.39 is 0 Å². The molecule has 0 atom stereocenters. The predicted molar refractivity (Wildman–Crippen MR) is 66.9 cm³/mol. The van der Waals surface area contributed by atoms with Gasteiger partial charge in [-0.1, -0.05) is 24.3 Å². The molecule has 0 saturated heterocycles. The first-order chi connectivity index (χ1) is 8.28. The molecule has 2 nitrogen and oxygen atoms in total. The van der Waals surface area contributed by atoms with E-state index in [1.807, 2.05) is 18.2 Å². The lowest BCUT2D eigenvalue weighted by atomic mass is 9.85. The Balaban J connectivity index is 2.16. The highest BCUT2D eigenvalue weighted by Gasteiger charge is 2.16. The third-order valence-corrected chi connectivity index (χ3v) is 3.39. The fourth-order valence-electron chi connectivity index (χ4n) is 2.53. The zero-order valence-corrected chi connectivity index (χ0v) is 9.48. The van der Waals surface area contributed by atoms with Crippen molar-refractivity contribution in [3.05, 3.63) is 53.1 Å². The minimum Gasteiger partial charge on any atom is -0.508 e. The number of aryl methyl sites for hydroxylation is 2. The Bertz CT molecular complexity index is 573. The van der Waals surface area contributed by atoms with E-state index in [4.69, 9.17) is 5.11 Å². The summed E-state index contributed by atoms with van der Waals surface area (Å²) in [6, 6.07) is 11.6. The van der Waals surface area contributed by atoms with Crippen LogP contribution in [0.25, 0.3) is 11.1 Å². The van der Waals surface area contributed by atoms with Gasteiger partial charge in [-0.05, 0) is 52.8 Å². The molecule has 2 aromatic carbocycles. The molecule has 0 fully saturated rings. The van der Waals surface area contributed by atoms with Crippen LogP contribution in [0.1, 0.15) is 16.7 Å². The summed E-state index contributed by atoms with van der Waals surface area (Å²) in [5.74, 6) is 0.333. The first-order valence-electron chi connectivity index (χ1n) is 5.83. The van der Waals surface area contributed by atoms with Crippen molar-refractivity contribution in [2.45, 2.75) is 19.4 Å². The van der Waals surface area contributed by atoms with Gasteiger partial charge in [-0.25, -0.2) is 0 Å². The summed E-state index contributed by atoms with van der Waals surface area (Å²) in [6.45, 7) is 0.0930. The van der Waals surface area contributed by atoms with Crippen molar-refractivity contribution in [2.75, 3.05) is 0 Å². The second-order valence-electron chi connectivity index (χ2n) is 4.49. The van der Waals surface area contributed by atoms with Gasteiger partial charge in [0, 0.05) is 0 Å². The molecule has 0 heterocycles. The molecule has 2 aromatic rings. The molecule has 0 amide bonds. The topological polar surface area (TPSA) is 40.5 Å². The summed E-state index contributed by atoms with van der Waals surface area (Å²) in [7, 11) is 0. The number of aliphatic hydroxyl groups is 1. The summed E-state index contributed by atoms with van der Waals surface area (Å²) in [5, 5.41) is 18.6. The van der Waals surface area contributed by atoms with Crippen LogP contribution in [0.3, 0.4) is 0 Å². The average molecular weight is 226 g/mol. The molecule has 0 aromatic heterocycles. The van der Waals surface area contributed by atoms with E-state index in [0.29, 0.717) is 5.75 Å². The van der Waals surface area contributed by atoms with E-state index in [1.54, 1.807) is 6.07 Å². The number of hydrogen-bond donors (Lipinski definition) is 2. The standard InChI is InChI=1S/C15H14O2/c16-9-10-1-5-14-11(7-10)2-3-12-8-13(17)4-6-15(12)14/h1,4-8,16-17H,2-3,9H2. The number of rotatable bonds is 1. The molecule has 0 aliphatic heterocycles. The Morgan fingerprint density at radius 2 is 1.53 bits per heavy atom. The molecule has 17 heavy (non-hydrogen) atoms. The largest absolute Gasteiger partial charge is 0.508 e. The molecule has 0 spiro atoms.